The number of imidazole rings is 1. The molecular formula is C14H16ClN3O2. The minimum atomic E-state index is 0.158. The summed E-state index contributed by atoms with van der Waals surface area (Å²) >= 11 is 6.06. The molecule has 1 aromatic heterocycles. The van der Waals surface area contributed by atoms with Gasteiger partial charge in [-0.15, -0.1) is 0 Å². The van der Waals surface area contributed by atoms with Gasteiger partial charge in [-0.1, -0.05) is 11.6 Å². The summed E-state index contributed by atoms with van der Waals surface area (Å²) in [5.41, 5.74) is 0.773. The Morgan fingerprint density at radius 1 is 1.40 bits per heavy atom. The van der Waals surface area contributed by atoms with Crippen LogP contribution in [0.3, 0.4) is 0 Å². The lowest BCUT2D eigenvalue weighted by atomic mass is 10.1. The van der Waals surface area contributed by atoms with Crippen molar-refractivity contribution in [1.82, 2.24) is 14.5 Å². The maximum absolute atomic E-state index is 10.2. The average Bonchev–Trinajstić information content (AvgIpc) is 2.90. The molecule has 6 heteroatoms. The van der Waals surface area contributed by atoms with Crippen molar-refractivity contribution in [2.45, 2.75) is 19.6 Å². The molecule has 2 aromatic rings. The number of aromatic nitrogens is 2. The second kappa shape index (κ2) is 5.34. The number of hydrogen-bond donors (Lipinski definition) is 1. The van der Waals surface area contributed by atoms with Crippen LogP contribution in [0.1, 0.15) is 11.4 Å². The molecule has 1 N–H and O–H groups in total. The number of phenolic OH excluding ortho intramolecular Hbond substituents is 1. The molecule has 0 unspecified atom stereocenters. The van der Waals surface area contributed by atoms with E-state index in [1.165, 1.54) is 7.11 Å². The van der Waals surface area contributed by atoms with Crippen LogP contribution in [0.15, 0.2) is 24.5 Å². The fourth-order valence-corrected chi connectivity index (χ4v) is 2.73. The SMILES string of the molecule is COc1cc(Cl)cc(CN2CCn3ccnc3C2)c1O. The lowest BCUT2D eigenvalue weighted by molar-refractivity contribution is 0.206. The number of phenols is 1. The topological polar surface area (TPSA) is 50.5 Å². The van der Waals surface area contributed by atoms with Crippen LogP contribution in [0.5, 0.6) is 11.5 Å². The Balaban J connectivity index is 1.80. The summed E-state index contributed by atoms with van der Waals surface area (Å²) in [4.78, 5) is 6.56. The Kier molecular flexibility index (Phi) is 3.54. The monoisotopic (exact) mass is 293 g/mol. The molecule has 0 aliphatic carbocycles. The highest BCUT2D eigenvalue weighted by Crippen LogP contribution is 2.34. The summed E-state index contributed by atoms with van der Waals surface area (Å²) in [6.07, 6.45) is 3.81. The van der Waals surface area contributed by atoms with Gasteiger partial charge in [-0.25, -0.2) is 4.98 Å². The quantitative estimate of drug-likeness (QED) is 0.943. The Labute approximate surface area is 122 Å². The van der Waals surface area contributed by atoms with E-state index in [0.29, 0.717) is 17.3 Å². The molecule has 0 amide bonds. The number of nitrogens with zero attached hydrogens (tertiary/aromatic N) is 3. The van der Waals surface area contributed by atoms with Gasteiger partial charge in [-0.2, -0.15) is 0 Å². The van der Waals surface area contributed by atoms with E-state index in [9.17, 15) is 5.11 Å². The second-order valence-corrected chi connectivity index (χ2v) is 5.30. The lowest BCUT2D eigenvalue weighted by Crippen LogP contribution is -2.33. The third-order valence-electron chi connectivity index (χ3n) is 3.56. The lowest BCUT2D eigenvalue weighted by Gasteiger charge is -2.28. The molecule has 0 fully saturated rings. The van der Waals surface area contributed by atoms with E-state index in [1.54, 1.807) is 12.1 Å². The van der Waals surface area contributed by atoms with E-state index in [1.807, 2.05) is 12.4 Å². The normalized spacial score (nSPS) is 15.1. The van der Waals surface area contributed by atoms with Gasteiger partial charge >= 0.3 is 0 Å². The van der Waals surface area contributed by atoms with Gasteiger partial charge < -0.3 is 14.4 Å². The molecule has 0 spiro atoms. The van der Waals surface area contributed by atoms with Crippen LogP contribution < -0.4 is 4.74 Å². The fourth-order valence-electron chi connectivity index (χ4n) is 2.50. The highest BCUT2D eigenvalue weighted by molar-refractivity contribution is 6.30. The predicted molar refractivity (Wildman–Crippen MR) is 76.0 cm³/mol. The molecule has 1 aromatic carbocycles. The molecule has 1 aliphatic heterocycles. The first-order valence-electron chi connectivity index (χ1n) is 6.45. The Morgan fingerprint density at radius 3 is 3.05 bits per heavy atom. The van der Waals surface area contributed by atoms with Crippen LogP contribution in [-0.2, 0) is 19.6 Å². The highest BCUT2D eigenvalue weighted by atomic mass is 35.5. The summed E-state index contributed by atoms with van der Waals surface area (Å²) < 4.78 is 7.28. The molecule has 5 nitrogen and oxygen atoms in total. The smallest absolute Gasteiger partial charge is 0.162 e. The largest absolute Gasteiger partial charge is 0.504 e. The van der Waals surface area contributed by atoms with Crippen molar-refractivity contribution in [3.8, 4) is 11.5 Å². The van der Waals surface area contributed by atoms with E-state index in [-0.39, 0.29) is 5.75 Å². The Bertz CT molecular complexity index is 627. The van der Waals surface area contributed by atoms with E-state index >= 15 is 0 Å². The summed E-state index contributed by atoms with van der Waals surface area (Å²) in [5, 5.41) is 10.7. The van der Waals surface area contributed by atoms with Crippen LogP contribution in [0.25, 0.3) is 0 Å². The van der Waals surface area contributed by atoms with E-state index < -0.39 is 0 Å². The predicted octanol–water partition coefficient (Wildman–Crippen LogP) is 2.27. The molecular weight excluding hydrogens is 278 g/mol. The highest BCUT2D eigenvalue weighted by Gasteiger charge is 2.19. The minimum Gasteiger partial charge on any atom is -0.504 e. The van der Waals surface area contributed by atoms with Gasteiger partial charge in [0.25, 0.3) is 0 Å². The van der Waals surface area contributed by atoms with Crippen LogP contribution >= 0.6 is 11.6 Å². The van der Waals surface area contributed by atoms with Crippen molar-refractivity contribution < 1.29 is 9.84 Å². The molecule has 0 radical (unpaired) electrons. The first kappa shape index (κ1) is 13.3. The number of fused-ring (bicyclic) bond motifs is 1. The summed E-state index contributed by atoms with van der Waals surface area (Å²) in [6.45, 7) is 3.21. The van der Waals surface area contributed by atoms with Crippen LogP contribution in [0, 0.1) is 0 Å². The summed E-state index contributed by atoms with van der Waals surface area (Å²) in [5.74, 6) is 1.61. The molecule has 0 saturated carbocycles. The van der Waals surface area contributed by atoms with E-state index in [2.05, 4.69) is 14.5 Å². The first-order valence-corrected chi connectivity index (χ1v) is 6.83. The van der Waals surface area contributed by atoms with E-state index in [0.717, 1.165) is 31.0 Å². The van der Waals surface area contributed by atoms with Crippen molar-refractivity contribution in [1.29, 1.82) is 0 Å². The zero-order valence-corrected chi connectivity index (χ0v) is 12.0. The molecule has 3 rings (SSSR count). The second-order valence-electron chi connectivity index (χ2n) is 4.86. The standard InChI is InChI=1S/C14H16ClN3O2/c1-20-12-7-11(15)6-10(14(12)19)8-17-4-5-18-3-2-16-13(18)9-17/h2-3,6-7,19H,4-5,8-9H2,1H3. The summed E-state index contributed by atoms with van der Waals surface area (Å²) in [7, 11) is 1.52. The number of halogens is 1. The number of rotatable bonds is 3. The molecule has 0 bridgehead atoms. The van der Waals surface area contributed by atoms with Crippen molar-refractivity contribution in [3.05, 3.63) is 40.9 Å². The maximum Gasteiger partial charge on any atom is 0.162 e. The zero-order chi connectivity index (χ0) is 14.1. The Hall–Kier alpha value is -1.72. The van der Waals surface area contributed by atoms with Gasteiger partial charge in [0.1, 0.15) is 5.82 Å². The minimum absolute atomic E-state index is 0.158. The van der Waals surface area contributed by atoms with Gasteiger partial charge in [0.05, 0.1) is 13.7 Å². The van der Waals surface area contributed by atoms with Crippen LogP contribution in [0.4, 0.5) is 0 Å². The van der Waals surface area contributed by atoms with Gasteiger partial charge in [-0.3, -0.25) is 4.90 Å². The van der Waals surface area contributed by atoms with Gasteiger partial charge in [0, 0.05) is 48.7 Å². The van der Waals surface area contributed by atoms with Gasteiger partial charge in [0.2, 0.25) is 0 Å². The molecule has 1 aliphatic rings. The zero-order valence-electron chi connectivity index (χ0n) is 11.2. The number of hydrogen-bond acceptors (Lipinski definition) is 4. The fraction of sp³-hybridized carbons (Fsp3) is 0.357. The van der Waals surface area contributed by atoms with Crippen molar-refractivity contribution in [2.75, 3.05) is 13.7 Å². The van der Waals surface area contributed by atoms with E-state index in [4.69, 9.17) is 16.3 Å². The van der Waals surface area contributed by atoms with Crippen molar-refractivity contribution in [3.63, 3.8) is 0 Å². The van der Waals surface area contributed by atoms with Crippen LogP contribution in [0.2, 0.25) is 5.02 Å². The number of aromatic hydroxyl groups is 1. The maximum atomic E-state index is 10.2. The first-order chi connectivity index (χ1) is 9.67. The van der Waals surface area contributed by atoms with Crippen molar-refractivity contribution in [2.24, 2.45) is 0 Å². The third kappa shape index (κ3) is 2.46. The Morgan fingerprint density at radius 2 is 2.25 bits per heavy atom. The molecule has 106 valence electrons. The average molecular weight is 294 g/mol. The molecule has 2 heterocycles. The summed E-state index contributed by atoms with van der Waals surface area (Å²) in [6, 6.07) is 3.39. The molecule has 0 atom stereocenters. The van der Waals surface area contributed by atoms with Gasteiger partial charge in [0.15, 0.2) is 11.5 Å². The molecule has 0 saturated heterocycles. The third-order valence-corrected chi connectivity index (χ3v) is 3.77. The molecule has 20 heavy (non-hydrogen) atoms. The number of benzene rings is 1. The number of ether oxygens (including phenoxy) is 1. The number of methoxy groups -OCH3 is 1. The van der Waals surface area contributed by atoms with Crippen LogP contribution in [-0.4, -0.2) is 33.2 Å². The van der Waals surface area contributed by atoms with Gasteiger partial charge in [-0.05, 0) is 6.07 Å². The van der Waals surface area contributed by atoms with Crippen molar-refractivity contribution >= 4 is 11.6 Å².